The summed E-state index contributed by atoms with van der Waals surface area (Å²) >= 11 is 6.25. The summed E-state index contributed by atoms with van der Waals surface area (Å²) < 4.78 is 0. The summed E-state index contributed by atoms with van der Waals surface area (Å²) in [6.07, 6.45) is 0.773. The van der Waals surface area contributed by atoms with Crippen LogP contribution in [0.3, 0.4) is 0 Å². The fraction of sp³-hybridized carbons (Fsp3) is 0.190. The lowest BCUT2D eigenvalue weighted by Crippen LogP contribution is -2.38. The maximum atomic E-state index is 13.0. The largest absolute Gasteiger partial charge is 0.307 e. The van der Waals surface area contributed by atoms with E-state index in [0.717, 1.165) is 5.56 Å². The molecule has 0 heterocycles. The van der Waals surface area contributed by atoms with Crippen LogP contribution in [0.5, 0.6) is 0 Å². The number of nitrogens with zero attached hydrogens (tertiary/aromatic N) is 1. The molecule has 0 atom stereocenters. The molecule has 5 heteroatoms. The van der Waals surface area contributed by atoms with Gasteiger partial charge >= 0.3 is 0 Å². The van der Waals surface area contributed by atoms with Crippen LogP contribution >= 0.6 is 11.6 Å². The second-order valence-corrected chi connectivity index (χ2v) is 6.38. The van der Waals surface area contributed by atoms with Crippen molar-refractivity contribution >= 4 is 29.1 Å². The van der Waals surface area contributed by atoms with Gasteiger partial charge in [-0.2, -0.15) is 0 Å². The van der Waals surface area contributed by atoms with Gasteiger partial charge in [0, 0.05) is 24.1 Å². The maximum absolute atomic E-state index is 13.0. The van der Waals surface area contributed by atoms with Crippen molar-refractivity contribution in [3.8, 4) is 0 Å². The van der Waals surface area contributed by atoms with Gasteiger partial charge in [0.25, 0.3) is 0 Å². The number of rotatable bonds is 5. The van der Waals surface area contributed by atoms with Crippen molar-refractivity contribution in [3.63, 3.8) is 0 Å². The molecule has 4 nitrogen and oxygen atoms in total. The van der Waals surface area contributed by atoms with Gasteiger partial charge in [0.1, 0.15) is 10.7 Å². The summed E-state index contributed by atoms with van der Waals surface area (Å²) in [7, 11) is 0. The molecule has 2 aromatic carbocycles. The molecule has 0 bridgehead atoms. The highest BCUT2D eigenvalue weighted by atomic mass is 35.5. The van der Waals surface area contributed by atoms with Crippen molar-refractivity contribution < 1.29 is 14.4 Å². The summed E-state index contributed by atoms with van der Waals surface area (Å²) in [5, 5.41) is -0.191. The molecule has 0 N–H and O–H groups in total. The van der Waals surface area contributed by atoms with E-state index in [-0.39, 0.29) is 46.5 Å². The Hall–Kier alpha value is -2.72. The number of halogens is 1. The number of ketones is 2. The third-order valence-corrected chi connectivity index (χ3v) is 4.73. The molecule has 0 spiro atoms. The van der Waals surface area contributed by atoms with Crippen molar-refractivity contribution in [2.75, 3.05) is 6.54 Å². The SMILES string of the molecule is CCC(=O)N(CCc1ccccc1)C1=C(Cl)C(=O)c2ccccc2C1=O. The van der Waals surface area contributed by atoms with E-state index in [0.29, 0.717) is 6.42 Å². The van der Waals surface area contributed by atoms with Gasteiger partial charge in [0.05, 0.1) is 0 Å². The average Bonchev–Trinajstić information content (AvgIpc) is 2.69. The van der Waals surface area contributed by atoms with Crippen LogP contribution in [-0.2, 0) is 11.2 Å². The number of hydrogen-bond acceptors (Lipinski definition) is 3. The van der Waals surface area contributed by atoms with Crippen LogP contribution < -0.4 is 0 Å². The lowest BCUT2D eigenvalue weighted by molar-refractivity contribution is -0.128. The second kappa shape index (κ2) is 7.67. The minimum atomic E-state index is -0.425. The molecule has 0 aromatic heterocycles. The van der Waals surface area contributed by atoms with Crippen molar-refractivity contribution in [2.24, 2.45) is 0 Å². The first-order valence-corrected chi connectivity index (χ1v) is 8.85. The number of amides is 1. The Kier molecular flexibility index (Phi) is 5.33. The smallest absolute Gasteiger partial charge is 0.226 e. The fourth-order valence-corrected chi connectivity index (χ4v) is 3.30. The standard InChI is InChI=1S/C21H18ClNO3/c1-2-17(24)23(13-12-14-8-4-3-5-9-14)19-18(22)20(25)15-10-6-7-11-16(15)21(19)26/h3-11H,2,12-13H2,1H3. The molecule has 0 saturated heterocycles. The average molecular weight is 368 g/mol. The molecule has 0 fully saturated rings. The zero-order valence-electron chi connectivity index (χ0n) is 14.4. The summed E-state index contributed by atoms with van der Waals surface area (Å²) in [4.78, 5) is 39.4. The lowest BCUT2D eigenvalue weighted by atomic mass is 9.91. The van der Waals surface area contributed by atoms with Crippen molar-refractivity contribution in [1.29, 1.82) is 0 Å². The van der Waals surface area contributed by atoms with Gasteiger partial charge in [0.2, 0.25) is 17.5 Å². The van der Waals surface area contributed by atoms with Gasteiger partial charge in [-0.1, -0.05) is 73.1 Å². The van der Waals surface area contributed by atoms with Crippen molar-refractivity contribution in [1.82, 2.24) is 4.90 Å². The first kappa shape index (κ1) is 18.1. The fourth-order valence-electron chi connectivity index (χ4n) is 3.01. The van der Waals surface area contributed by atoms with Crippen molar-refractivity contribution in [2.45, 2.75) is 19.8 Å². The van der Waals surface area contributed by atoms with Crippen LogP contribution in [0.2, 0.25) is 0 Å². The second-order valence-electron chi connectivity index (χ2n) is 6.00. The summed E-state index contributed by atoms with van der Waals surface area (Å²) in [5.41, 5.74) is 1.58. The molecule has 1 amide bonds. The Balaban J connectivity index is 1.98. The van der Waals surface area contributed by atoms with E-state index in [9.17, 15) is 14.4 Å². The monoisotopic (exact) mass is 367 g/mol. The van der Waals surface area contributed by atoms with E-state index in [4.69, 9.17) is 11.6 Å². The van der Waals surface area contributed by atoms with E-state index < -0.39 is 5.78 Å². The first-order chi connectivity index (χ1) is 12.5. The van der Waals surface area contributed by atoms with Crippen LogP contribution in [0.25, 0.3) is 0 Å². The van der Waals surface area contributed by atoms with Gasteiger partial charge in [-0.05, 0) is 12.0 Å². The zero-order valence-corrected chi connectivity index (χ0v) is 15.1. The van der Waals surface area contributed by atoms with Gasteiger partial charge in [-0.3, -0.25) is 14.4 Å². The number of allylic oxidation sites excluding steroid dienone is 2. The Morgan fingerprint density at radius 2 is 1.50 bits per heavy atom. The molecule has 0 radical (unpaired) electrons. The maximum Gasteiger partial charge on any atom is 0.226 e. The molecule has 1 aliphatic rings. The predicted octanol–water partition coefficient (Wildman–Crippen LogP) is 4.00. The normalized spacial score (nSPS) is 13.6. The summed E-state index contributed by atoms with van der Waals surface area (Å²) in [6.45, 7) is 2.00. The Morgan fingerprint density at radius 1 is 0.923 bits per heavy atom. The van der Waals surface area contributed by atoms with Gasteiger partial charge in [-0.15, -0.1) is 0 Å². The number of carbonyl (C=O) groups is 3. The highest BCUT2D eigenvalue weighted by Crippen LogP contribution is 2.31. The third-order valence-electron chi connectivity index (χ3n) is 4.38. The van der Waals surface area contributed by atoms with Crippen LogP contribution in [0.4, 0.5) is 0 Å². The predicted molar refractivity (Wildman–Crippen MR) is 100 cm³/mol. The molecular weight excluding hydrogens is 350 g/mol. The molecule has 26 heavy (non-hydrogen) atoms. The van der Waals surface area contributed by atoms with E-state index in [1.54, 1.807) is 31.2 Å². The van der Waals surface area contributed by atoms with Gasteiger partial charge < -0.3 is 4.90 Å². The third kappa shape index (κ3) is 3.33. The number of Topliss-reactive ketones (excluding diaryl/α,β-unsaturated/α-hetero) is 2. The summed E-state index contributed by atoms with van der Waals surface area (Å²) in [5.74, 6) is -1.06. The molecular formula is C21H18ClNO3. The van der Waals surface area contributed by atoms with Crippen molar-refractivity contribution in [3.05, 3.63) is 82.0 Å². The first-order valence-electron chi connectivity index (χ1n) is 8.47. The summed E-state index contributed by atoms with van der Waals surface area (Å²) in [6, 6.07) is 16.2. The number of carbonyl (C=O) groups excluding carboxylic acids is 3. The topological polar surface area (TPSA) is 54.5 Å². The molecule has 0 aliphatic heterocycles. The van der Waals surface area contributed by atoms with E-state index in [1.807, 2.05) is 30.3 Å². The molecule has 1 aliphatic carbocycles. The minimum absolute atomic E-state index is 0.0156. The minimum Gasteiger partial charge on any atom is -0.307 e. The highest BCUT2D eigenvalue weighted by Gasteiger charge is 2.35. The highest BCUT2D eigenvalue weighted by molar-refractivity contribution is 6.50. The van der Waals surface area contributed by atoms with Crippen LogP contribution in [0.15, 0.2) is 65.3 Å². The molecule has 132 valence electrons. The molecule has 2 aromatic rings. The van der Waals surface area contributed by atoms with E-state index in [1.165, 1.54) is 4.90 Å². The number of fused-ring (bicyclic) bond motifs is 1. The molecule has 3 rings (SSSR count). The Bertz CT molecular complexity index is 902. The van der Waals surface area contributed by atoms with E-state index in [2.05, 4.69) is 0 Å². The van der Waals surface area contributed by atoms with E-state index >= 15 is 0 Å². The molecule has 0 saturated carbocycles. The van der Waals surface area contributed by atoms with Crippen LogP contribution in [0.1, 0.15) is 39.6 Å². The quantitative estimate of drug-likeness (QED) is 0.802. The Labute approximate surface area is 157 Å². The lowest BCUT2D eigenvalue weighted by Gasteiger charge is -2.28. The van der Waals surface area contributed by atoms with Crippen LogP contribution in [0, 0.1) is 0 Å². The Morgan fingerprint density at radius 3 is 2.12 bits per heavy atom. The number of benzene rings is 2. The zero-order chi connectivity index (χ0) is 18.7. The van der Waals surface area contributed by atoms with Gasteiger partial charge in [0.15, 0.2) is 0 Å². The van der Waals surface area contributed by atoms with Gasteiger partial charge in [-0.25, -0.2) is 0 Å². The molecule has 0 unspecified atom stereocenters. The van der Waals surface area contributed by atoms with Crippen LogP contribution in [-0.4, -0.2) is 28.9 Å². The number of hydrogen-bond donors (Lipinski definition) is 0.